The van der Waals surface area contributed by atoms with E-state index in [1.165, 1.54) is 31.0 Å². The number of nitrogens with zero attached hydrogens (tertiary/aromatic N) is 2. The van der Waals surface area contributed by atoms with Gasteiger partial charge in [-0.2, -0.15) is 0 Å². The first kappa shape index (κ1) is 21.0. The number of ether oxygens (including phenoxy) is 1. The highest BCUT2D eigenvalue weighted by Crippen LogP contribution is 2.47. The Bertz CT molecular complexity index is 980. The van der Waals surface area contributed by atoms with Crippen LogP contribution in [0.25, 0.3) is 0 Å². The fourth-order valence-corrected chi connectivity index (χ4v) is 4.40. The molecule has 0 aromatic heterocycles. The normalized spacial score (nSPS) is 14.8. The monoisotopic (exact) mass is 418 g/mol. The summed E-state index contributed by atoms with van der Waals surface area (Å²) >= 11 is 0. The number of hydrogen-bond donors (Lipinski definition) is 0. The maximum atomic E-state index is 12.4. The Balaban J connectivity index is 1.52. The van der Waals surface area contributed by atoms with Crippen LogP contribution in [0, 0.1) is 10.4 Å². The Kier molecular flexibility index (Phi) is 6.02. The highest BCUT2D eigenvalue weighted by atomic mass is 16.9. The van der Waals surface area contributed by atoms with E-state index in [-0.39, 0.29) is 5.41 Å². The predicted octanol–water partition coefficient (Wildman–Crippen LogP) is 5.79. The van der Waals surface area contributed by atoms with Crippen molar-refractivity contribution >= 4 is 11.4 Å². The van der Waals surface area contributed by atoms with Gasteiger partial charge < -0.3 is 25.1 Å². The lowest BCUT2D eigenvalue weighted by molar-refractivity contribution is 0.319. The molecule has 4 rings (SSSR count). The van der Waals surface area contributed by atoms with Crippen LogP contribution in [-0.2, 0) is 5.41 Å². The van der Waals surface area contributed by atoms with Gasteiger partial charge in [0.15, 0.2) is 5.75 Å². The van der Waals surface area contributed by atoms with E-state index in [1.807, 2.05) is 36.4 Å². The van der Waals surface area contributed by atoms with Crippen molar-refractivity contribution in [3.8, 4) is 11.5 Å². The summed E-state index contributed by atoms with van der Waals surface area (Å²) in [6, 6.07) is 22.4. The summed E-state index contributed by atoms with van der Waals surface area (Å²) in [5.41, 5.74) is 3.28. The van der Waals surface area contributed by atoms with Crippen molar-refractivity contribution in [1.82, 2.24) is 0 Å². The topological polar surface area (TPSA) is 71.1 Å². The number of hydrogen-bond acceptors (Lipinski definition) is 6. The number of rotatable bonds is 7. The zero-order valence-corrected chi connectivity index (χ0v) is 17.8. The minimum absolute atomic E-state index is 0.0257. The van der Waals surface area contributed by atoms with Crippen molar-refractivity contribution in [3.05, 3.63) is 94.3 Å². The number of hydroxylamine groups is 1. The average Bonchev–Trinajstić information content (AvgIpc) is 3.31. The Morgan fingerprint density at radius 3 is 1.68 bits per heavy atom. The summed E-state index contributed by atoms with van der Waals surface area (Å²) in [7, 11) is 3.08. The molecule has 0 atom stereocenters. The van der Waals surface area contributed by atoms with Crippen LogP contribution in [0.4, 0.5) is 11.4 Å². The van der Waals surface area contributed by atoms with Crippen molar-refractivity contribution < 1.29 is 9.57 Å². The summed E-state index contributed by atoms with van der Waals surface area (Å²) in [5.74, 6) is 1.32. The van der Waals surface area contributed by atoms with E-state index in [2.05, 4.69) is 12.1 Å². The molecule has 0 unspecified atom stereocenters. The minimum atomic E-state index is -0.0257. The highest BCUT2D eigenvalue weighted by molar-refractivity contribution is 5.56. The molecule has 3 aromatic rings. The van der Waals surface area contributed by atoms with Gasteiger partial charge in [-0.1, -0.05) is 37.1 Å². The van der Waals surface area contributed by atoms with E-state index < -0.39 is 0 Å². The SMILES string of the molecule is COc1ccc(C2(c3ccc(ON([O-])c4ccc(N(C)[O-])cc4)cc3)CCCC2)cc1. The zero-order valence-electron chi connectivity index (χ0n) is 17.8. The molecule has 3 aromatic carbocycles. The molecule has 1 aliphatic rings. The van der Waals surface area contributed by atoms with E-state index in [0.29, 0.717) is 22.4 Å². The van der Waals surface area contributed by atoms with Crippen molar-refractivity contribution in [1.29, 1.82) is 0 Å². The summed E-state index contributed by atoms with van der Waals surface area (Å²) in [4.78, 5) is 5.46. The molecule has 6 heteroatoms. The molecule has 0 bridgehead atoms. The van der Waals surface area contributed by atoms with Gasteiger partial charge in [0.1, 0.15) is 5.75 Å². The van der Waals surface area contributed by atoms with E-state index in [0.717, 1.165) is 23.7 Å². The molecule has 1 saturated carbocycles. The number of anilines is 2. The lowest BCUT2D eigenvalue weighted by Crippen LogP contribution is -2.24. The predicted molar refractivity (Wildman–Crippen MR) is 123 cm³/mol. The smallest absolute Gasteiger partial charge is 0.154 e. The van der Waals surface area contributed by atoms with E-state index in [1.54, 1.807) is 31.4 Å². The summed E-state index contributed by atoms with van der Waals surface area (Å²) in [6.45, 7) is 0. The van der Waals surface area contributed by atoms with Gasteiger partial charge in [-0.05, 0) is 79.5 Å². The third-order valence-corrected chi connectivity index (χ3v) is 6.12. The standard InChI is InChI=1S/C25H26N2O4/c1-26(28)21-9-11-22(12-10-21)27(29)31-24-15-7-20(8-16-24)25(17-3-4-18-25)19-5-13-23(30-2)14-6-19/h5-16H,3-4,17-18H2,1-2H3/q-2. The molecule has 0 N–H and O–H groups in total. The Morgan fingerprint density at radius 2 is 1.19 bits per heavy atom. The van der Waals surface area contributed by atoms with Gasteiger partial charge >= 0.3 is 0 Å². The Morgan fingerprint density at radius 1 is 0.710 bits per heavy atom. The van der Waals surface area contributed by atoms with Crippen LogP contribution in [0.1, 0.15) is 36.8 Å². The van der Waals surface area contributed by atoms with Crippen LogP contribution in [0.5, 0.6) is 11.5 Å². The maximum Gasteiger partial charge on any atom is 0.154 e. The molecule has 0 saturated heterocycles. The molecule has 1 aliphatic carbocycles. The molecular formula is C25H26N2O4-2. The van der Waals surface area contributed by atoms with Gasteiger partial charge in [-0.3, -0.25) is 5.23 Å². The van der Waals surface area contributed by atoms with Crippen LogP contribution < -0.4 is 19.9 Å². The number of methoxy groups -OCH3 is 1. The lowest BCUT2D eigenvalue weighted by atomic mass is 9.73. The van der Waals surface area contributed by atoms with Gasteiger partial charge in [0.2, 0.25) is 0 Å². The summed E-state index contributed by atoms with van der Waals surface area (Å²) < 4.78 is 5.31. The quantitative estimate of drug-likeness (QED) is 0.453. The van der Waals surface area contributed by atoms with Crippen molar-refractivity contribution in [2.45, 2.75) is 31.1 Å². The number of benzene rings is 3. The second-order valence-electron chi connectivity index (χ2n) is 7.90. The molecule has 31 heavy (non-hydrogen) atoms. The Labute approximate surface area is 182 Å². The zero-order chi connectivity index (χ0) is 21.8. The van der Waals surface area contributed by atoms with Crippen LogP contribution in [0.15, 0.2) is 72.8 Å². The maximum absolute atomic E-state index is 12.4. The third-order valence-electron chi connectivity index (χ3n) is 6.12. The van der Waals surface area contributed by atoms with Gasteiger partial charge in [-0.25, -0.2) is 0 Å². The molecule has 0 heterocycles. The second-order valence-corrected chi connectivity index (χ2v) is 7.90. The van der Waals surface area contributed by atoms with Gasteiger partial charge in [0, 0.05) is 11.1 Å². The van der Waals surface area contributed by atoms with Crippen molar-refractivity contribution in [2.75, 3.05) is 24.4 Å². The molecule has 1 fully saturated rings. The van der Waals surface area contributed by atoms with Crippen LogP contribution in [0.3, 0.4) is 0 Å². The Hall–Kier alpha value is -3.22. The first-order chi connectivity index (χ1) is 15.0. The van der Waals surface area contributed by atoms with E-state index in [4.69, 9.17) is 9.57 Å². The van der Waals surface area contributed by atoms with Crippen LogP contribution in [-0.4, -0.2) is 14.2 Å². The molecular weight excluding hydrogens is 392 g/mol. The molecule has 0 amide bonds. The van der Waals surface area contributed by atoms with E-state index >= 15 is 0 Å². The first-order valence-electron chi connectivity index (χ1n) is 10.4. The lowest BCUT2D eigenvalue weighted by Gasteiger charge is -2.32. The molecule has 6 nitrogen and oxygen atoms in total. The third kappa shape index (κ3) is 4.31. The fourth-order valence-electron chi connectivity index (χ4n) is 4.40. The minimum Gasteiger partial charge on any atom is -0.758 e. The van der Waals surface area contributed by atoms with Crippen LogP contribution in [0.2, 0.25) is 0 Å². The molecule has 0 aliphatic heterocycles. The molecule has 162 valence electrons. The summed E-state index contributed by atoms with van der Waals surface area (Å²) in [5, 5.41) is 24.9. The molecule has 0 radical (unpaired) electrons. The largest absolute Gasteiger partial charge is 0.758 e. The van der Waals surface area contributed by atoms with Crippen molar-refractivity contribution in [3.63, 3.8) is 0 Å². The van der Waals surface area contributed by atoms with Gasteiger partial charge in [0.25, 0.3) is 0 Å². The average molecular weight is 418 g/mol. The van der Waals surface area contributed by atoms with Gasteiger partial charge in [0.05, 0.1) is 12.8 Å². The fraction of sp³-hybridized carbons (Fsp3) is 0.280. The van der Waals surface area contributed by atoms with Crippen molar-refractivity contribution in [2.24, 2.45) is 0 Å². The second kappa shape index (κ2) is 8.88. The summed E-state index contributed by atoms with van der Waals surface area (Å²) in [6.07, 6.45) is 4.56. The highest BCUT2D eigenvalue weighted by Gasteiger charge is 2.37. The van der Waals surface area contributed by atoms with Gasteiger partial charge in [-0.15, -0.1) is 0 Å². The molecule has 0 spiro atoms. The van der Waals surface area contributed by atoms with Crippen LogP contribution >= 0.6 is 0 Å². The van der Waals surface area contributed by atoms with E-state index in [9.17, 15) is 10.4 Å². The first-order valence-corrected chi connectivity index (χ1v) is 10.4.